The summed E-state index contributed by atoms with van der Waals surface area (Å²) < 4.78 is 11.3. The van der Waals surface area contributed by atoms with E-state index in [0.29, 0.717) is 36.8 Å². The number of rotatable bonds is 2. The molecule has 4 aromatic rings. The first-order valence-corrected chi connectivity index (χ1v) is 11.4. The summed E-state index contributed by atoms with van der Waals surface area (Å²) >= 11 is 0. The molecule has 7 heteroatoms. The Bertz CT molecular complexity index is 1460. The number of amides is 3. The Kier molecular flexibility index (Phi) is 4.03. The zero-order valence-electron chi connectivity index (χ0n) is 18.2. The minimum absolute atomic E-state index is 0.224. The Labute approximate surface area is 195 Å². The van der Waals surface area contributed by atoms with Gasteiger partial charge in [-0.3, -0.25) is 9.69 Å². The number of hydrogen-bond donors (Lipinski definition) is 1. The quantitative estimate of drug-likeness (QED) is 0.458. The fraction of sp³-hybridized carbons (Fsp3) is 0.185. The Morgan fingerprint density at radius 3 is 2.47 bits per heavy atom. The maximum absolute atomic E-state index is 13.9. The first-order valence-electron chi connectivity index (χ1n) is 11.4. The molecule has 34 heavy (non-hydrogen) atoms. The van der Waals surface area contributed by atoms with Gasteiger partial charge in [-0.15, -0.1) is 0 Å². The van der Waals surface area contributed by atoms with E-state index in [2.05, 4.69) is 11.1 Å². The van der Waals surface area contributed by atoms with Crippen molar-refractivity contribution in [3.8, 4) is 11.5 Å². The number of aromatic amines is 1. The minimum atomic E-state index is -0.586. The molecule has 0 radical (unpaired) electrons. The van der Waals surface area contributed by atoms with Gasteiger partial charge in [0.25, 0.3) is 5.91 Å². The zero-order valence-corrected chi connectivity index (χ0v) is 18.2. The summed E-state index contributed by atoms with van der Waals surface area (Å²) in [5, 5.41) is 1.09. The zero-order chi connectivity index (χ0) is 22.8. The van der Waals surface area contributed by atoms with Crippen LogP contribution in [-0.4, -0.2) is 41.1 Å². The van der Waals surface area contributed by atoms with Gasteiger partial charge in [0.1, 0.15) is 25.3 Å². The summed E-state index contributed by atoms with van der Waals surface area (Å²) in [7, 11) is 0. The lowest BCUT2D eigenvalue weighted by molar-refractivity contribution is -0.120. The van der Waals surface area contributed by atoms with Gasteiger partial charge in [-0.1, -0.05) is 48.5 Å². The molecule has 4 heterocycles. The van der Waals surface area contributed by atoms with Crippen molar-refractivity contribution in [1.82, 2.24) is 9.88 Å². The van der Waals surface area contributed by atoms with Crippen molar-refractivity contribution < 1.29 is 19.1 Å². The summed E-state index contributed by atoms with van der Waals surface area (Å²) in [5.74, 6) is 0.944. The molecule has 1 saturated heterocycles. The Balaban J connectivity index is 1.37. The summed E-state index contributed by atoms with van der Waals surface area (Å²) in [6.07, 6.45) is 0.467. The van der Waals surface area contributed by atoms with E-state index in [-0.39, 0.29) is 18.0 Å². The maximum atomic E-state index is 13.9. The number of hydrogen-bond acceptors (Lipinski definition) is 4. The molecule has 0 aliphatic carbocycles. The molecule has 0 unspecified atom stereocenters. The van der Waals surface area contributed by atoms with E-state index < -0.39 is 6.04 Å². The second-order valence-electron chi connectivity index (χ2n) is 8.79. The van der Waals surface area contributed by atoms with Gasteiger partial charge in [-0.05, 0) is 29.3 Å². The number of H-pyrrole nitrogens is 1. The fourth-order valence-corrected chi connectivity index (χ4v) is 5.47. The number of ether oxygens (including phenoxy) is 2. The predicted octanol–water partition coefficient (Wildman–Crippen LogP) is 4.42. The summed E-state index contributed by atoms with van der Waals surface area (Å²) in [5.41, 5.74) is 4.53. The second-order valence-corrected chi connectivity index (χ2v) is 8.79. The Morgan fingerprint density at radius 1 is 0.853 bits per heavy atom. The van der Waals surface area contributed by atoms with Gasteiger partial charge in [-0.25, -0.2) is 9.69 Å². The lowest BCUT2D eigenvalue weighted by Gasteiger charge is -2.36. The molecule has 7 nitrogen and oxygen atoms in total. The summed E-state index contributed by atoms with van der Waals surface area (Å²) in [4.78, 5) is 34.2. The van der Waals surface area contributed by atoms with Crippen molar-refractivity contribution in [3.63, 3.8) is 0 Å². The molecule has 3 aromatic carbocycles. The molecule has 1 fully saturated rings. The lowest BCUT2D eigenvalue weighted by Crippen LogP contribution is -2.44. The van der Waals surface area contributed by atoms with Crippen LogP contribution in [0.15, 0.2) is 72.8 Å². The largest absolute Gasteiger partial charge is 0.486 e. The molecule has 168 valence electrons. The predicted molar refractivity (Wildman–Crippen MR) is 126 cm³/mol. The normalized spacial score (nSPS) is 21.1. The van der Waals surface area contributed by atoms with E-state index in [1.165, 1.54) is 4.90 Å². The monoisotopic (exact) mass is 451 g/mol. The highest BCUT2D eigenvalue weighted by atomic mass is 16.6. The van der Waals surface area contributed by atoms with Crippen LogP contribution in [0, 0.1) is 0 Å². The molecule has 3 aliphatic heterocycles. The van der Waals surface area contributed by atoms with Gasteiger partial charge >= 0.3 is 6.03 Å². The molecule has 3 amide bonds. The molecule has 0 bridgehead atoms. The number of benzene rings is 3. The molecule has 0 saturated carbocycles. The van der Waals surface area contributed by atoms with Gasteiger partial charge in [0, 0.05) is 29.1 Å². The summed E-state index contributed by atoms with van der Waals surface area (Å²) in [6.45, 7) is 0.916. The highest BCUT2D eigenvalue weighted by Crippen LogP contribution is 2.45. The molecule has 7 rings (SSSR count). The van der Waals surface area contributed by atoms with E-state index in [4.69, 9.17) is 9.47 Å². The summed E-state index contributed by atoms with van der Waals surface area (Å²) in [6, 6.07) is 21.9. The van der Waals surface area contributed by atoms with E-state index in [1.54, 1.807) is 23.1 Å². The van der Waals surface area contributed by atoms with Crippen molar-refractivity contribution in [3.05, 3.63) is 89.6 Å². The number of imide groups is 1. The average Bonchev–Trinajstić information content (AvgIpc) is 3.37. The van der Waals surface area contributed by atoms with Gasteiger partial charge in [0.05, 0.1) is 5.69 Å². The second kappa shape index (κ2) is 7.12. The third-order valence-electron chi connectivity index (χ3n) is 6.95. The fourth-order valence-electron chi connectivity index (χ4n) is 5.47. The van der Waals surface area contributed by atoms with Gasteiger partial charge in [-0.2, -0.15) is 0 Å². The first-order chi connectivity index (χ1) is 16.7. The smallest absolute Gasteiger partial charge is 0.332 e. The number of carbonyl (C=O) groups excluding carboxylic acids is 2. The van der Waals surface area contributed by atoms with Crippen LogP contribution in [0.5, 0.6) is 11.5 Å². The number of nitrogens with zero attached hydrogens (tertiary/aromatic N) is 2. The molecule has 2 atom stereocenters. The van der Waals surface area contributed by atoms with Crippen LogP contribution in [0.25, 0.3) is 10.9 Å². The molecule has 1 N–H and O–H groups in total. The maximum Gasteiger partial charge on any atom is 0.332 e. The third kappa shape index (κ3) is 2.64. The van der Waals surface area contributed by atoms with Crippen molar-refractivity contribution in [2.24, 2.45) is 0 Å². The number of aromatic nitrogens is 1. The number of carbonyl (C=O) groups is 2. The van der Waals surface area contributed by atoms with Crippen molar-refractivity contribution in [1.29, 1.82) is 0 Å². The molecule has 0 spiro atoms. The van der Waals surface area contributed by atoms with Crippen LogP contribution in [-0.2, 0) is 11.2 Å². The molecule has 3 aliphatic rings. The number of anilines is 1. The lowest BCUT2D eigenvalue weighted by atomic mass is 9.89. The molecular weight excluding hydrogens is 430 g/mol. The van der Waals surface area contributed by atoms with Crippen molar-refractivity contribution in [2.75, 3.05) is 18.1 Å². The van der Waals surface area contributed by atoms with Gasteiger partial charge in [0.15, 0.2) is 11.5 Å². The van der Waals surface area contributed by atoms with E-state index in [1.807, 2.05) is 48.5 Å². The van der Waals surface area contributed by atoms with E-state index >= 15 is 0 Å². The van der Waals surface area contributed by atoms with Crippen LogP contribution in [0.1, 0.15) is 22.9 Å². The van der Waals surface area contributed by atoms with Crippen LogP contribution in [0.3, 0.4) is 0 Å². The van der Waals surface area contributed by atoms with Gasteiger partial charge < -0.3 is 14.5 Å². The standard InChI is InChI=1S/C27H21N3O4/c31-26-21-15-19-18-8-4-5-9-20(18)28-24(19)25(16-6-2-1-3-7-16)30(21)27(32)29(26)17-10-11-22-23(14-17)34-13-12-33-22/h1-11,14,21,25,28H,12-13,15H2/t21-,25-/m0/s1. The van der Waals surface area contributed by atoms with Crippen molar-refractivity contribution in [2.45, 2.75) is 18.5 Å². The highest BCUT2D eigenvalue weighted by Gasteiger charge is 2.53. The minimum Gasteiger partial charge on any atom is -0.486 e. The first kappa shape index (κ1) is 19.2. The molecular formula is C27H21N3O4. The number of para-hydroxylation sites is 1. The van der Waals surface area contributed by atoms with E-state index in [0.717, 1.165) is 27.7 Å². The van der Waals surface area contributed by atoms with E-state index in [9.17, 15) is 9.59 Å². The topological polar surface area (TPSA) is 74.9 Å². The third-order valence-corrected chi connectivity index (χ3v) is 6.95. The van der Waals surface area contributed by atoms with Gasteiger partial charge in [0.2, 0.25) is 0 Å². The highest BCUT2D eigenvalue weighted by molar-refractivity contribution is 6.22. The number of nitrogens with one attached hydrogen (secondary N) is 1. The Hall–Kier alpha value is -4.26. The van der Waals surface area contributed by atoms with Crippen LogP contribution in [0.4, 0.5) is 10.5 Å². The average molecular weight is 451 g/mol. The molecule has 1 aromatic heterocycles. The number of fused-ring (bicyclic) bond motifs is 5. The van der Waals surface area contributed by atoms with Crippen LogP contribution < -0.4 is 14.4 Å². The van der Waals surface area contributed by atoms with Crippen molar-refractivity contribution >= 4 is 28.5 Å². The van der Waals surface area contributed by atoms with Crippen LogP contribution in [0.2, 0.25) is 0 Å². The number of urea groups is 1. The Morgan fingerprint density at radius 2 is 1.62 bits per heavy atom. The SMILES string of the molecule is O=C1[C@@H]2Cc3c([nH]c4ccccc34)[C@H](c3ccccc3)N2C(=O)N1c1ccc2c(c1)OCCO2. The van der Waals surface area contributed by atoms with Crippen LogP contribution >= 0.6 is 0 Å².